The van der Waals surface area contributed by atoms with E-state index in [1.807, 2.05) is 0 Å². The quantitative estimate of drug-likeness (QED) is 0.433. The van der Waals surface area contributed by atoms with Gasteiger partial charge in [-0.1, -0.05) is 45.1 Å². The van der Waals surface area contributed by atoms with Gasteiger partial charge in [0, 0.05) is 0 Å². The van der Waals surface area contributed by atoms with Crippen LogP contribution < -0.4 is 0 Å². The molecule has 15 heavy (non-hydrogen) atoms. The SMILES string of the molecule is C=C(C)C(C)CCC(CC(C)=S)C(C)C. The van der Waals surface area contributed by atoms with Gasteiger partial charge in [-0.05, 0) is 55.7 Å². The normalized spacial score (nSPS) is 15.1. The fourth-order valence-corrected chi connectivity index (χ4v) is 1.96. The molecule has 0 radical (unpaired) electrons. The molecule has 2 unspecified atom stereocenters. The molecular weight excluding hydrogens is 200 g/mol. The number of thiocarbonyl (C=S) groups is 1. The third kappa shape index (κ3) is 6.83. The molecule has 1 heteroatoms. The van der Waals surface area contributed by atoms with Gasteiger partial charge in [-0.25, -0.2) is 0 Å². The van der Waals surface area contributed by atoms with Crippen molar-refractivity contribution >= 4 is 17.1 Å². The zero-order valence-electron chi connectivity index (χ0n) is 11.0. The predicted molar refractivity (Wildman–Crippen MR) is 74.4 cm³/mol. The summed E-state index contributed by atoms with van der Waals surface area (Å²) < 4.78 is 0. The highest BCUT2D eigenvalue weighted by molar-refractivity contribution is 7.80. The summed E-state index contributed by atoms with van der Waals surface area (Å²) in [6.45, 7) is 15.1. The summed E-state index contributed by atoms with van der Waals surface area (Å²) in [5.41, 5.74) is 1.30. The van der Waals surface area contributed by atoms with Gasteiger partial charge in [0.1, 0.15) is 0 Å². The lowest BCUT2D eigenvalue weighted by molar-refractivity contribution is 0.346. The maximum Gasteiger partial charge on any atom is -0.00996 e. The Hall–Kier alpha value is -0.170. The number of allylic oxidation sites excluding steroid dienone is 1. The Morgan fingerprint density at radius 1 is 1.13 bits per heavy atom. The summed E-state index contributed by atoms with van der Waals surface area (Å²) in [6, 6.07) is 0. The van der Waals surface area contributed by atoms with E-state index in [1.54, 1.807) is 0 Å². The maximum absolute atomic E-state index is 5.20. The van der Waals surface area contributed by atoms with Crippen molar-refractivity contribution in [1.29, 1.82) is 0 Å². The minimum absolute atomic E-state index is 0.650. The van der Waals surface area contributed by atoms with E-state index in [4.69, 9.17) is 12.2 Å². The second kappa shape index (κ2) is 7.16. The minimum Gasteiger partial charge on any atom is -0.0999 e. The lowest BCUT2D eigenvalue weighted by Crippen LogP contribution is -2.13. The smallest absolute Gasteiger partial charge is 0.00996 e. The standard InChI is InChI=1S/C14H26S/c1-10(2)12(5)7-8-14(11(3)4)9-13(6)15/h11-12,14H,1,7-9H2,2-6H3. The van der Waals surface area contributed by atoms with Gasteiger partial charge in [0.25, 0.3) is 0 Å². The van der Waals surface area contributed by atoms with E-state index in [9.17, 15) is 0 Å². The van der Waals surface area contributed by atoms with Gasteiger partial charge in [0.15, 0.2) is 0 Å². The molecule has 0 bridgehead atoms. The largest absolute Gasteiger partial charge is 0.0999 e. The Kier molecular flexibility index (Phi) is 7.08. The molecule has 0 fully saturated rings. The summed E-state index contributed by atoms with van der Waals surface area (Å²) in [5, 5.41) is 0. The van der Waals surface area contributed by atoms with Crippen LogP contribution in [0.5, 0.6) is 0 Å². The Balaban J connectivity index is 4.07. The van der Waals surface area contributed by atoms with Gasteiger partial charge in [-0.3, -0.25) is 0 Å². The van der Waals surface area contributed by atoms with Crippen molar-refractivity contribution in [2.75, 3.05) is 0 Å². The van der Waals surface area contributed by atoms with E-state index < -0.39 is 0 Å². The van der Waals surface area contributed by atoms with Crippen LogP contribution in [0.4, 0.5) is 0 Å². The molecule has 0 aliphatic heterocycles. The highest BCUT2D eigenvalue weighted by Crippen LogP contribution is 2.25. The molecule has 0 aliphatic carbocycles. The first-order valence-electron chi connectivity index (χ1n) is 5.99. The van der Waals surface area contributed by atoms with Crippen LogP contribution in [0.3, 0.4) is 0 Å². The fourth-order valence-electron chi connectivity index (χ4n) is 1.75. The van der Waals surface area contributed by atoms with Gasteiger partial charge in [0.05, 0.1) is 0 Å². The second-order valence-electron chi connectivity index (χ2n) is 5.23. The summed E-state index contributed by atoms with van der Waals surface area (Å²) >= 11 is 5.20. The van der Waals surface area contributed by atoms with Crippen molar-refractivity contribution in [3.05, 3.63) is 12.2 Å². The maximum atomic E-state index is 5.20. The lowest BCUT2D eigenvalue weighted by Gasteiger charge is -2.22. The van der Waals surface area contributed by atoms with Crippen LogP contribution in [-0.2, 0) is 0 Å². The molecule has 0 amide bonds. The Morgan fingerprint density at radius 2 is 1.67 bits per heavy atom. The molecule has 0 aliphatic rings. The topological polar surface area (TPSA) is 0 Å². The molecule has 0 aromatic heterocycles. The first-order valence-corrected chi connectivity index (χ1v) is 6.40. The number of hydrogen-bond donors (Lipinski definition) is 0. The van der Waals surface area contributed by atoms with Crippen molar-refractivity contribution in [3.8, 4) is 0 Å². The average Bonchev–Trinajstić information content (AvgIpc) is 2.10. The van der Waals surface area contributed by atoms with Crippen LogP contribution in [0.15, 0.2) is 12.2 Å². The van der Waals surface area contributed by atoms with Gasteiger partial charge in [-0.15, -0.1) is 0 Å². The summed E-state index contributed by atoms with van der Waals surface area (Å²) in [4.78, 5) is 1.15. The molecule has 0 aromatic rings. The molecule has 0 spiro atoms. The molecule has 0 N–H and O–H groups in total. The minimum atomic E-state index is 0.650. The summed E-state index contributed by atoms with van der Waals surface area (Å²) in [7, 11) is 0. The zero-order chi connectivity index (χ0) is 12.0. The van der Waals surface area contributed by atoms with E-state index in [1.165, 1.54) is 18.4 Å². The number of rotatable bonds is 7. The van der Waals surface area contributed by atoms with Crippen LogP contribution in [0.1, 0.15) is 53.9 Å². The molecule has 0 rings (SSSR count). The van der Waals surface area contributed by atoms with Crippen LogP contribution in [0.25, 0.3) is 0 Å². The molecule has 0 aromatic carbocycles. The average molecular weight is 226 g/mol. The Morgan fingerprint density at radius 3 is 2.00 bits per heavy atom. The Labute approximate surface area is 101 Å². The van der Waals surface area contributed by atoms with Gasteiger partial charge in [0.2, 0.25) is 0 Å². The van der Waals surface area contributed by atoms with Crippen LogP contribution in [-0.4, -0.2) is 4.86 Å². The highest BCUT2D eigenvalue weighted by atomic mass is 32.1. The third-order valence-corrected chi connectivity index (χ3v) is 3.47. The lowest BCUT2D eigenvalue weighted by atomic mass is 9.84. The van der Waals surface area contributed by atoms with Crippen molar-refractivity contribution in [1.82, 2.24) is 0 Å². The molecule has 88 valence electrons. The zero-order valence-corrected chi connectivity index (χ0v) is 11.8. The molecule has 0 saturated carbocycles. The van der Waals surface area contributed by atoms with Crippen LogP contribution in [0.2, 0.25) is 0 Å². The second-order valence-corrected chi connectivity index (χ2v) is 5.93. The molecule has 2 atom stereocenters. The van der Waals surface area contributed by atoms with Crippen molar-refractivity contribution in [3.63, 3.8) is 0 Å². The summed E-state index contributed by atoms with van der Waals surface area (Å²) in [6.07, 6.45) is 3.64. The first kappa shape index (κ1) is 14.8. The predicted octanol–water partition coefficient (Wildman–Crippen LogP) is 5.03. The molecule has 0 nitrogen and oxygen atoms in total. The van der Waals surface area contributed by atoms with E-state index in [0.29, 0.717) is 5.92 Å². The fraction of sp³-hybridized carbons (Fsp3) is 0.786. The molecular formula is C14H26S. The van der Waals surface area contributed by atoms with E-state index in [0.717, 1.165) is 23.1 Å². The van der Waals surface area contributed by atoms with Gasteiger partial charge < -0.3 is 0 Å². The van der Waals surface area contributed by atoms with Crippen LogP contribution >= 0.6 is 12.2 Å². The highest BCUT2D eigenvalue weighted by Gasteiger charge is 2.15. The molecule has 0 saturated heterocycles. The van der Waals surface area contributed by atoms with E-state index in [-0.39, 0.29) is 0 Å². The van der Waals surface area contributed by atoms with E-state index in [2.05, 4.69) is 41.2 Å². The van der Waals surface area contributed by atoms with Crippen molar-refractivity contribution < 1.29 is 0 Å². The third-order valence-electron chi connectivity index (χ3n) is 3.30. The first-order chi connectivity index (χ1) is 6.84. The van der Waals surface area contributed by atoms with Gasteiger partial charge in [-0.2, -0.15) is 0 Å². The monoisotopic (exact) mass is 226 g/mol. The van der Waals surface area contributed by atoms with Crippen molar-refractivity contribution in [2.24, 2.45) is 17.8 Å². The number of hydrogen-bond acceptors (Lipinski definition) is 1. The Bertz CT molecular complexity index is 215. The van der Waals surface area contributed by atoms with E-state index >= 15 is 0 Å². The summed E-state index contributed by atoms with van der Waals surface area (Å²) in [5.74, 6) is 2.14. The van der Waals surface area contributed by atoms with Gasteiger partial charge >= 0.3 is 0 Å². The molecule has 0 heterocycles. The van der Waals surface area contributed by atoms with Crippen LogP contribution in [0, 0.1) is 17.8 Å². The van der Waals surface area contributed by atoms with Crippen molar-refractivity contribution in [2.45, 2.75) is 53.9 Å².